The third kappa shape index (κ3) is 3.81. The van der Waals surface area contributed by atoms with E-state index in [1.807, 2.05) is 0 Å². The number of amides is 1. The number of hydrogen-bond acceptors (Lipinski definition) is 2. The number of nitrogens with two attached hydrogens (primary N) is 1. The third-order valence-electron chi connectivity index (χ3n) is 3.69. The Labute approximate surface area is 125 Å². The molecule has 1 aromatic carbocycles. The van der Waals surface area contributed by atoms with Crippen molar-refractivity contribution in [2.75, 3.05) is 12.3 Å². The predicted octanol–water partition coefficient (Wildman–Crippen LogP) is 3.73. The van der Waals surface area contributed by atoms with Gasteiger partial charge in [0.25, 0.3) is 5.91 Å². The number of nitrogen functional groups attached to an aromatic ring is 1. The van der Waals surface area contributed by atoms with Crippen LogP contribution in [0.5, 0.6) is 0 Å². The molecular weight excluding hydrogens is 305 g/mol. The molecule has 7 heteroatoms. The van der Waals surface area contributed by atoms with E-state index in [0.717, 1.165) is 17.7 Å². The Hall–Kier alpha value is -1.43. The highest BCUT2D eigenvalue weighted by molar-refractivity contribution is 6.33. The summed E-state index contributed by atoms with van der Waals surface area (Å²) in [6, 6.07) is 3.91. The average molecular weight is 321 g/mol. The zero-order valence-electron chi connectivity index (χ0n) is 11.5. The smallest absolute Gasteiger partial charge is 0.397 e. The first kappa shape index (κ1) is 15.9. The number of halogens is 4. The summed E-state index contributed by atoms with van der Waals surface area (Å²) in [5, 5.41) is 0.159. The summed E-state index contributed by atoms with van der Waals surface area (Å²) in [5.74, 6) is -0.608. The largest absolute Gasteiger partial charge is 0.406 e. The van der Waals surface area contributed by atoms with Gasteiger partial charge in [-0.1, -0.05) is 17.7 Å². The van der Waals surface area contributed by atoms with Crippen molar-refractivity contribution >= 4 is 23.2 Å². The molecule has 1 unspecified atom stereocenters. The lowest BCUT2D eigenvalue weighted by Gasteiger charge is -2.30. The molecule has 3 nitrogen and oxygen atoms in total. The van der Waals surface area contributed by atoms with Crippen LogP contribution in [0.2, 0.25) is 5.02 Å². The molecule has 2 rings (SSSR count). The van der Waals surface area contributed by atoms with E-state index in [1.165, 1.54) is 18.2 Å². The second-order valence-corrected chi connectivity index (χ2v) is 5.73. The summed E-state index contributed by atoms with van der Waals surface area (Å²) in [4.78, 5) is 13.3. The van der Waals surface area contributed by atoms with Gasteiger partial charge in [0.15, 0.2) is 0 Å². The molecule has 1 fully saturated rings. The Morgan fingerprint density at radius 1 is 1.48 bits per heavy atom. The molecular formula is C14H16ClF3N2O. The molecule has 0 aromatic heterocycles. The summed E-state index contributed by atoms with van der Waals surface area (Å²) < 4.78 is 38.3. The molecule has 0 bridgehead atoms. The first-order chi connectivity index (χ1) is 9.70. The van der Waals surface area contributed by atoms with Gasteiger partial charge in [0.1, 0.15) is 6.54 Å². The van der Waals surface area contributed by atoms with Crippen LogP contribution >= 0.6 is 11.6 Å². The lowest BCUT2D eigenvalue weighted by atomic mass is 10.1. The van der Waals surface area contributed by atoms with Crippen LogP contribution in [-0.2, 0) is 0 Å². The van der Waals surface area contributed by atoms with Crippen LogP contribution in [0.3, 0.4) is 0 Å². The second-order valence-electron chi connectivity index (χ2n) is 5.33. The van der Waals surface area contributed by atoms with E-state index in [2.05, 4.69) is 0 Å². The fourth-order valence-electron chi connectivity index (χ4n) is 2.31. The number of alkyl halides is 3. The van der Waals surface area contributed by atoms with Gasteiger partial charge in [-0.2, -0.15) is 13.2 Å². The molecule has 21 heavy (non-hydrogen) atoms. The number of para-hydroxylation sites is 1. The van der Waals surface area contributed by atoms with Crippen LogP contribution in [0.4, 0.5) is 18.9 Å². The topological polar surface area (TPSA) is 46.3 Å². The number of benzene rings is 1. The maximum absolute atomic E-state index is 12.8. The molecule has 0 aliphatic heterocycles. The summed E-state index contributed by atoms with van der Waals surface area (Å²) in [6.07, 6.45) is -2.77. The highest BCUT2D eigenvalue weighted by Crippen LogP contribution is 2.37. The molecule has 1 aromatic rings. The minimum atomic E-state index is -4.45. The highest BCUT2D eigenvalue weighted by Gasteiger charge is 2.41. The Bertz CT molecular complexity index is 544. The minimum absolute atomic E-state index is 0.0132. The zero-order valence-corrected chi connectivity index (χ0v) is 12.2. The van der Waals surface area contributed by atoms with E-state index < -0.39 is 24.7 Å². The molecule has 2 N–H and O–H groups in total. The molecule has 0 heterocycles. The Morgan fingerprint density at radius 3 is 2.62 bits per heavy atom. The number of hydrogen-bond donors (Lipinski definition) is 1. The van der Waals surface area contributed by atoms with Crippen molar-refractivity contribution in [3.05, 3.63) is 28.8 Å². The van der Waals surface area contributed by atoms with E-state index in [9.17, 15) is 18.0 Å². The van der Waals surface area contributed by atoms with Crippen LogP contribution in [0.15, 0.2) is 18.2 Å². The van der Waals surface area contributed by atoms with E-state index in [-0.39, 0.29) is 22.2 Å². The summed E-state index contributed by atoms with van der Waals surface area (Å²) in [6.45, 7) is 0.359. The monoisotopic (exact) mass is 320 g/mol. The van der Waals surface area contributed by atoms with Gasteiger partial charge in [0, 0.05) is 6.04 Å². The first-order valence-electron chi connectivity index (χ1n) is 6.62. The molecule has 0 saturated heterocycles. The lowest BCUT2D eigenvalue weighted by molar-refractivity contribution is -0.144. The van der Waals surface area contributed by atoms with Gasteiger partial charge < -0.3 is 10.6 Å². The Balaban J connectivity index is 2.30. The van der Waals surface area contributed by atoms with Gasteiger partial charge in [-0.15, -0.1) is 0 Å². The van der Waals surface area contributed by atoms with Gasteiger partial charge in [0.2, 0.25) is 0 Å². The van der Waals surface area contributed by atoms with Crippen molar-refractivity contribution in [1.82, 2.24) is 4.90 Å². The maximum atomic E-state index is 12.8. The van der Waals surface area contributed by atoms with Gasteiger partial charge in [-0.25, -0.2) is 0 Å². The quantitative estimate of drug-likeness (QED) is 0.859. The van der Waals surface area contributed by atoms with Gasteiger partial charge in [-0.05, 0) is 37.8 Å². The molecule has 1 amide bonds. The van der Waals surface area contributed by atoms with Crippen molar-refractivity contribution in [2.24, 2.45) is 5.92 Å². The van der Waals surface area contributed by atoms with Gasteiger partial charge >= 0.3 is 6.18 Å². The van der Waals surface area contributed by atoms with Gasteiger partial charge in [-0.3, -0.25) is 4.79 Å². The highest BCUT2D eigenvalue weighted by atomic mass is 35.5. The summed E-state index contributed by atoms with van der Waals surface area (Å²) >= 11 is 5.83. The number of carbonyl (C=O) groups is 1. The van der Waals surface area contributed by atoms with Crippen LogP contribution in [0.25, 0.3) is 0 Å². The van der Waals surface area contributed by atoms with E-state index in [4.69, 9.17) is 17.3 Å². The predicted molar refractivity (Wildman–Crippen MR) is 75.1 cm³/mol. The van der Waals surface area contributed by atoms with Crippen LogP contribution in [0.1, 0.15) is 30.1 Å². The van der Waals surface area contributed by atoms with Crippen molar-refractivity contribution in [2.45, 2.75) is 32.0 Å². The molecule has 1 aliphatic rings. The maximum Gasteiger partial charge on any atom is 0.406 e. The van der Waals surface area contributed by atoms with Crippen molar-refractivity contribution in [3.8, 4) is 0 Å². The van der Waals surface area contributed by atoms with Gasteiger partial charge in [0.05, 0.1) is 16.3 Å². The molecule has 0 spiro atoms. The van der Waals surface area contributed by atoms with Crippen LogP contribution < -0.4 is 5.73 Å². The SMILES string of the molecule is CC(C1CC1)N(CC(F)(F)F)C(=O)c1cccc(Cl)c1N. The second kappa shape index (κ2) is 5.75. The molecule has 116 valence electrons. The Kier molecular flexibility index (Phi) is 4.37. The Morgan fingerprint density at radius 2 is 2.10 bits per heavy atom. The zero-order chi connectivity index (χ0) is 15.8. The van der Waals surface area contributed by atoms with Crippen molar-refractivity contribution in [3.63, 3.8) is 0 Å². The molecule has 1 aliphatic carbocycles. The number of carbonyl (C=O) groups excluding carboxylic acids is 1. The lowest BCUT2D eigenvalue weighted by Crippen LogP contribution is -2.45. The molecule has 1 atom stereocenters. The van der Waals surface area contributed by atoms with E-state index >= 15 is 0 Å². The van der Waals surface area contributed by atoms with Crippen LogP contribution in [-0.4, -0.2) is 29.6 Å². The normalized spacial score (nSPS) is 16.6. The number of rotatable bonds is 4. The number of anilines is 1. The fraction of sp³-hybridized carbons (Fsp3) is 0.500. The standard InChI is InChI=1S/C14H16ClF3N2O/c1-8(9-5-6-9)20(7-14(16,17)18)13(21)10-3-2-4-11(15)12(10)19/h2-4,8-9H,5-7,19H2,1H3. The number of nitrogens with zero attached hydrogens (tertiary/aromatic N) is 1. The third-order valence-corrected chi connectivity index (χ3v) is 4.02. The first-order valence-corrected chi connectivity index (χ1v) is 7.00. The minimum Gasteiger partial charge on any atom is -0.397 e. The average Bonchev–Trinajstić information content (AvgIpc) is 3.21. The van der Waals surface area contributed by atoms with Crippen LogP contribution in [0, 0.1) is 5.92 Å². The summed E-state index contributed by atoms with van der Waals surface area (Å²) in [5.41, 5.74) is 5.74. The van der Waals surface area contributed by atoms with E-state index in [0.29, 0.717) is 0 Å². The van der Waals surface area contributed by atoms with Crippen molar-refractivity contribution < 1.29 is 18.0 Å². The molecule has 0 radical (unpaired) electrons. The summed E-state index contributed by atoms with van der Waals surface area (Å²) in [7, 11) is 0. The molecule has 1 saturated carbocycles. The van der Waals surface area contributed by atoms with Crippen molar-refractivity contribution in [1.29, 1.82) is 0 Å². The fourth-order valence-corrected chi connectivity index (χ4v) is 2.48. The van der Waals surface area contributed by atoms with E-state index in [1.54, 1.807) is 6.92 Å².